The van der Waals surface area contributed by atoms with E-state index in [9.17, 15) is 4.79 Å². The van der Waals surface area contributed by atoms with Crippen molar-refractivity contribution in [2.45, 2.75) is 6.54 Å². The van der Waals surface area contributed by atoms with Crippen molar-refractivity contribution < 1.29 is 9.53 Å². The molecule has 4 rings (SSSR count). The van der Waals surface area contributed by atoms with E-state index in [1.54, 1.807) is 18.4 Å². The van der Waals surface area contributed by atoms with Crippen LogP contribution in [-0.4, -0.2) is 50.5 Å². The van der Waals surface area contributed by atoms with Crippen LogP contribution in [0.1, 0.15) is 0 Å². The Morgan fingerprint density at radius 3 is 2.53 bits per heavy atom. The van der Waals surface area contributed by atoms with E-state index < -0.39 is 0 Å². The molecule has 0 radical (unpaired) electrons. The van der Waals surface area contributed by atoms with E-state index >= 15 is 0 Å². The third-order valence-electron chi connectivity index (χ3n) is 5.24. The molecule has 7 nitrogen and oxygen atoms in total. The number of nitrogens with zero attached hydrogens (tertiary/aromatic N) is 3. The number of thiazole rings is 1. The molecule has 1 fully saturated rings. The highest BCUT2D eigenvalue weighted by molar-refractivity contribution is 7.07. The SMILES string of the molecule is CNC(=O)NCCn1c(-c2ccc(N3CCOCC3)cc2)csc1=Nc1ccc(Cl)cc1. The first-order chi connectivity index (χ1) is 15.6. The number of hydrogen-bond donors (Lipinski definition) is 2. The molecule has 9 heteroatoms. The third kappa shape index (κ3) is 5.51. The zero-order valence-corrected chi connectivity index (χ0v) is 19.5. The predicted octanol–water partition coefficient (Wildman–Crippen LogP) is 3.87. The van der Waals surface area contributed by atoms with E-state index in [4.69, 9.17) is 21.3 Å². The normalized spacial score (nSPS) is 14.4. The topological polar surface area (TPSA) is 70.9 Å². The van der Waals surface area contributed by atoms with E-state index in [1.165, 1.54) is 5.69 Å². The van der Waals surface area contributed by atoms with Crippen molar-refractivity contribution >= 4 is 40.3 Å². The number of amides is 2. The fourth-order valence-electron chi connectivity index (χ4n) is 3.53. The molecule has 1 saturated heterocycles. The number of rotatable bonds is 6. The molecule has 0 aliphatic carbocycles. The summed E-state index contributed by atoms with van der Waals surface area (Å²) in [7, 11) is 1.61. The predicted molar refractivity (Wildman–Crippen MR) is 130 cm³/mol. The Hall–Kier alpha value is -2.81. The van der Waals surface area contributed by atoms with Gasteiger partial charge in [0.15, 0.2) is 4.80 Å². The number of halogens is 1. The zero-order valence-electron chi connectivity index (χ0n) is 17.9. The molecule has 2 amide bonds. The number of aromatic nitrogens is 1. The molecule has 0 saturated carbocycles. The number of carbonyl (C=O) groups excluding carboxylic acids is 1. The minimum absolute atomic E-state index is 0.201. The maximum Gasteiger partial charge on any atom is 0.314 e. The number of nitrogens with one attached hydrogen (secondary N) is 2. The van der Waals surface area contributed by atoms with E-state index in [-0.39, 0.29) is 6.03 Å². The lowest BCUT2D eigenvalue weighted by molar-refractivity contribution is 0.122. The van der Waals surface area contributed by atoms with Gasteiger partial charge in [-0.1, -0.05) is 23.7 Å². The van der Waals surface area contributed by atoms with Gasteiger partial charge in [0.1, 0.15) is 0 Å². The number of ether oxygens (including phenoxy) is 1. The van der Waals surface area contributed by atoms with E-state index in [0.717, 1.165) is 48.0 Å². The van der Waals surface area contributed by atoms with Crippen LogP contribution in [0.2, 0.25) is 5.02 Å². The van der Waals surface area contributed by atoms with E-state index in [0.29, 0.717) is 18.1 Å². The van der Waals surface area contributed by atoms with Gasteiger partial charge in [0, 0.05) is 49.3 Å². The second kappa shape index (κ2) is 10.7. The van der Waals surface area contributed by atoms with Gasteiger partial charge < -0.3 is 24.8 Å². The molecule has 0 spiro atoms. The first-order valence-electron chi connectivity index (χ1n) is 10.5. The highest BCUT2D eigenvalue weighted by Gasteiger charge is 2.13. The van der Waals surface area contributed by atoms with Crippen LogP contribution in [0.25, 0.3) is 11.3 Å². The molecule has 32 heavy (non-hydrogen) atoms. The molecule has 1 aromatic heterocycles. The number of urea groups is 1. The van der Waals surface area contributed by atoms with Crippen LogP contribution in [0.3, 0.4) is 0 Å². The van der Waals surface area contributed by atoms with Crippen LogP contribution in [0.15, 0.2) is 58.9 Å². The highest BCUT2D eigenvalue weighted by Crippen LogP contribution is 2.25. The molecule has 0 bridgehead atoms. The Morgan fingerprint density at radius 2 is 1.84 bits per heavy atom. The summed E-state index contributed by atoms with van der Waals surface area (Å²) in [6.45, 7) is 4.44. The summed E-state index contributed by atoms with van der Waals surface area (Å²) < 4.78 is 7.59. The van der Waals surface area contributed by atoms with Gasteiger partial charge in [-0.2, -0.15) is 0 Å². The molecule has 0 unspecified atom stereocenters. The Morgan fingerprint density at radius 1 is 1.12 bits per heavy atom. The van der Waals surface area contributed by atoms with Gasteiger partial charge in [-0.3, -0.25) is 0 Å². The first-order valence-corrected chi connectivity index (χ1v) is 11.8. The smallest absolute Gasteiger partial charge is 0.314 e. The van der Waals surface area contributed by atoms with Gasteiger partial charge in [0.05, 0.1) is 24.6 Å². The average molecular weight is 472 g/mol. The van der Waals surface area contributed by atoms with Crippen molar-refractivity contribution in [3.63, 3.8) is 0 Å². The Balaban J connectivity index is 1.63. The van der Waals surface area contributed by atoms with E-state index in [1.807, 2.05) is 24.3 Å². The van der Waals surface area contributed by atoms with Crippen molar-refractivity contribution in [2.75, 3.05) is 44.8 Å². The summed E-state index contributed by atoms with van der Waals surface area (Å²) >= 11 is 7.58. The van der Waals surface area contributed by atoms with Crippen molar-refractivity contribution in [3.8, 4) is 11.3 Å². The molecule has 168 valence electrons. The number of carbonyl (C=O) groups is 1. The van der Waals surface area contributed by atoms with Crippen LogP contribution in [0, 0.1) is 0 Å². The number of benzene rings is 2. The summed E-state index contributed by atoms with van der Waals surface area (Å²) in [4.78, 5) is 19.6. The summed E-state index contributed by atoms with van der Waals surface area (Å²) in [6.07, 6.45) is 0. The Bertz CT molecular complexity index is 1100. The van der Waals surface area contributed by atoms with Crippen molar-refractivity contribution in [1.29, 1.82) is 0 Å². The molecule has 2 heterocycles. The van der Waals surface area contributed by atoms with Gasteiger partial charge in [0.25, 0.3) is 0 Å². The molecule has 1 aliphatic heterocycles. The largest absolute Gasteiger partial charge is 0.378 e. The summed E-state index contributed by atoms with van der Waals surface area (Å²) in [5, 5.41) is 8.23. The van der Waals surface area contributed by atoms with Crippen LogP contribution in [0.4, 0.5) is 16.2 Å². The second-order valence-corrected chi connectivity index (χ2v) is 8.57. The van der Waals surface area contributed by atoms with Crippen LogP contribution < -0.4 is 20.3 Å². The summed E-state index contributed by atoms with van der Waals surface area (Å²) in [5.41, 5.74) is 4.20. The fraction of sp³-hybridized carbons (Fsp3) is 0.304. The van der Waals surface area contributed by atoms with E-state index in [2.05, 4.69) is 49.7 Å². The molecule has 3 aromatic rings. The Labute approximate surface area is 196 Å². The first kappa shape index (κ1) is 22.4. The maximum absolute atomic E-state index is 11.6. The van der Waals surface area contributed by atoms with Crippen LogP contribution >= 0.6 is 22.9 Å². The minimum atomic E-state index is -0.201. The van der Waals surface area contributed by atoms with Crippen molar-refractivity contribution in [2.24, 2.45) is 4.99 Å². The molecule has 1 aliphatic rings. The van der Waals surface area contributed by atoms with Crippen LogP contribution in [-0.2, 0) is 11.3 Å². The van der Waals surface area contributed by atoms with Crippen molar-refractivity contribution in [3.05, 3.63) is 63.7 Å². The number of morpholine rings is 1. The summed E-state index contributed by atoms with van der Waals surface area (Å²) in [5.74, 6) is 0. The van der Waals surface area contributed by atoms with Gasteiger partial charge in [-0.15, -0.1) is 11.3 Å². The molecular formula is C23H26ClN5O2S. The minimum Gasteiger partial charge on any atom is -0.378 e. The van der Waals surface area contributed by atoms with Crippen molar-refractivity contribution in [1.82, 2.24) is 15.2 Å². The standard InChI is InChI=1S/C23H26ClN5O2S/c1-25-22(30)26-10-11-29-21(16-32-23(29)27-19-6-4-18(24)5-7-19)17-2-8-20(9-3-17)28-12-14-31-15-13-28/h2-9,16H,10-15H2,1H3,(H2,25,26,30). The lowest BCUT2D eigenvalue weighted by Crippen LogP contribution is -2.36. The Kier molecular flexibility index (Phi) is 7.47. The van der Waals surface area contributed by atoms with Gasteiger partial charge in [-0.05, 0) is 42.0 Å². The maximum atomic E-state index is 11.6. The average Bonchev–Trinajstić information content (AvgIpc) is 3.23. The molecule has 2 N–H and O–H groups in total. The highest BCUT2D eigenvalue weighted by atomic mass is 35.5. The van der Waals surface area contributed by atoms with Gasteiger partial charge >= 0.3 is 6.03 Å². The lowest BCUT2D eigenvalue weighted by Gasteiger charge is -2.28. The lowest BCUT2D eigenvalue weighted by atomic mass is 10.1. The molecular weight excluding hydrogens is 446 g/mol. The summed E-state index contributed by atoms with van der Waals surface area (Å²) in [6, 6.07) is 15.8. The third-order valence-corrected chi connectivity index (χ3v) is 6.35. The number of hydrogen-bond acceptors (Lipinski definition) is 5. The quantitative estimate of drug-likeness (QED) is 0.573. The second-order valence-electron chi connectivity index (χ2n) is 7.30. The molecule has 0 atom stereocenters. The fourth-order valence-corrected chi connectivity index (χ4v) is 4.61. The molecule has 2 aromatic carbocycles. The zero-order chi connectivity index (χ0) is 22.3. The van der Waals surface area contributed by atoms with Gasteiger partial charge in [0.2, 0.25) is 0 Å². The number of anilines is 1. The van der Waals surface area contributed by atoms with Gasteiger partial charge in [-0.25, -0.2) is 9.79 Å². The van der Waals surface area contributed by atoms with Crippen LogP contribution in [0.5, 0.6) is 0 Å². The monoisotopic (exact) mass is 471 g/mol.